The molecule has 3 heteroatoms. The minimum atomic E-state index is 0.249. The zero-order chi connectivity index (χ0) is 12.4. The second kappa shape index (κ2) is 5.68. The normalized spacial score (nSPS) is 44.8. The average Bonchev–Trinajstić information content (AvgIpc) is 2.28. The Bertz CT molecular complexity index is 236. The van der Waals surface area contributed by atoms with Crippen molar-refractivity contribution in [3.63, 3.8) is 0 Å². The second-order valence-corrected chi connectivity index (χ2v) is 6.31. The highest BCUT2D eigenvalue weighted by atomic mass is 16.5. The van der Waals surface area contributed by atoms with Crippen molar-refractivity contribution in [2.75, 3.05) is 19.7 Å². The lowest BCUT2D eigenvalue weighted by Gasteiger charge is -2.46. The van der Waals surface area contributed by atoms with Gasteiger partial charge in [0.15, 0.2) is 0 Å². The van der Waals surface area contributed by atoms with Gasteiger partial charge in [-0.2, -0.15) is 0 Å². The van der Waals surface area contributed by atoms with Crippen LogP contribution in [-0.2, 0) is 4.74 Å². The molecular formula is C14H28N2O. The Morgan fingerprint density at radius 1 is 1.12 bits per heavy atom. The first kappa shape index (κ1) is 13.3. The van der Waals surface area contributed by atoms with Gasteiger partial charge in [0.2, 0.25) is 0 Å². The lowest BCUT2D eigenvalue weighted by atomic mass is 9.79. The summed E-state index contributed by atoms with van der Waals surface area (Å²) in [6, 6.07) is 1.31. The smallest absolute Gasteiger partial charge is 0.0824 e. The van der Waals surface area contributed by atoms with Gasteiger partial charge in [0, 0.05) is 25.2 Å². The van der Waals surface area contributed by atoms with Crippen molar-refractivity contribution in [2.24, 2.45) is 17.6 Å². The Hall–Kier alpha value is -0.120. The van der Waals surface area contributed by atoms with Crippen molar-refractivity contribution in [1.29, 1.82) is 0 Å². The fourth-order valence-electron chi connectivity index (χ4n) is 3.67. The molecule has 0 bridgehead atoms. The first-order chi connectivity index (χ1) is 8.10. The number of hydrogen-bond acceptors (Lipinski definition) is 3. The van der Waals surface area contributed by atoms with E-state index in [9.17, 15) is 0 Å². The van der Waals surface area contributed by atoms with E-state index in [0.29, 0.717) is 12.6 Å². The highest BCUT2D eigenvalue weighted by Gasteiger charge is 2.34. The third-order valence-electron chi connectivity index (χ3n) is 4.44. The molecule has 1 aliphatic heterocycles. The van der Waals surface area contributed by atoms with Gasteiger partial charge in [-0.1, -0.05) is 13.8 Å². The van der Waals surface area contributed by atoms with Crippen molar-refractivity contribution in [1.82, 2.24) is 4.90 Å². The van der Waals surface area contributed by atoms with E-state index in [-0.39, 0.29) is 6.10 Å². The molecule has 2 N–H and O–H groups in total. The number of rotatable bonds is 2. The van der Waals surface area contributed by atoms with E-state index in [0.717, 1.165) is 31.0 Å². The van der Waals surface area contributed by atoms with Gasteiger partial charge in [0.25, 0.3) is 0 Å². The van der Waals surface area contributed by atoms with Gasteiger partial charge < -0.3 is 10.5 Å². The Morgan fingerprint density at radius 3 is 2.35 bits per heavy atom. The molecule has 17 heavy (non-hydrogen) atoms. The lowest BCUT2D eigenvalue weighted by Crippen LogP contribution is -2.55. The molecule has 2 aliphatic rings. The highest BCUT2D eigenvalue weighted by Crippen LogP contribution is 2.33. The molecule has 4 unspecified atom stereocenters. The number of morpholine rings is 1. The van der Waals surface area contributed by atoms with Gasteiger partial charge in [0.1, 0.15) is 0 Å². The molecule has 0 spiro atoms. The summed E-state index contributed by atoms with van der Waals surface area (Å²) in [5.74, 6) is 1.74. The molecule has 100 valence electrons. The standard InChI is InChI=1S/C14H28N2O/c1-10-4-11(2)6-13(5-10)16-8-14(7-15)17-9-12(16)3/h10-14H,4-9,15H2,1-3H3. The van der Waals surface area contributed by atoms with E-state index in [1.165, 1.54) is 19.3 Å². The summed E-state index contributed by atoms with van der Waals surface area (Å²) >= 11 is 0. The average molecular weight is 240 g/mol. The van der Waals surface area contributed by atoms with E-state index < -0.39 is 0 Å². The second-order valence-electron chi connectivity index (χ2n) is 6.31. The van der Waals surface area contributed by atoms with Gasteiger partial charge in [0.05, 0.1) is 12.7 Å². The van der Waals surface area contributed by atoms with E-state index in [4.69, 9.17) is 10.5 Å². The summed E-state index contributed by atoms with van der Waals surface area (Å²) in [6.45, 7) is 9.61. The SMILES string of the molecule is CC1CC(C)CC(N2CC(CN)OCC2C)C1. The predicted molar refractivity (Wildman–Crippen MR) is 70.9 cm³/mol. The molecule has 1 heterocycles. The largest absolute Gasteiger partial charge is 0.374 e. The molecule has 1 aliphatic carbocycles. The molecule has 0 amide bonds. The summed E-state index contributed by atoms with van der Waals surface area (Å²) < 4.78 is 5.75. The fraction of sp³-hybridized carbons (Fsp3) is 1.00. The highest BCUT2D eigenvalue weighted by molar-refractivity contribution is 4.88. The van der Waals surface area contributed by atoms with E-state index in [1.807, 2.05) is 0 Å². The Morgan fingerprint density at radius 2 is 1.76 bits per heavy atom. The monoisotopic (exact) mass is 240 g/mol. The molecule has 3 nitrogen and oxygen atoms in total. The summed E-state index contributed by atoms with van der Waals surface area (Å²) in [4.78, 5) is 2.66. The van der Waals surface area contributed by atoms with E-state index in [1.54, 1.807) is 0 Å². The fourth-order valence-corrected chi connectivity index (χ4v) is 3.67. The molecule has 0 aromatic carbocycles. The van der Waals surface area contributed by atoms with Crippen molar-refractivity contribution in [3.05, 3.63) is 0 Å². The van der Waals surface area contributed by atoms with Crippen molar-refractivity contribution >= 4 is 0 Å². The first-order valence-corrected chi connectivity index (χ1v) is 7.17. The van der Waals surface area contributed by atoms with Crippen LogP contribution in [0.5, 0.6) is 0 Å². The van der Waals surface area contributed by atoms with Crippen LogP contribution in [0.3, 0.4) is 0 Å². The van der Waals surface area contributed by atoms with Gasteiger partial charge in [-0.25, -0.2) is 0 Å². The molecule has 0 aromatic rings. The van der Waals surface area contributed by atoms with Crippen LogP contribution in [0.4, 0.5) is 0 Å². The number of ether oxygens (including phenoxy) is 1. The quantitative estimate of drug-likeness (QED) is 0.800. The summed E-state index contributed by atoms with van der Waals surface area (Å²) in [5, 5.41) is 0. The van der Waals surface area contributed by atoms with Gasteiger partial charge >= 0.3 is 0 Å². The van der Waals surface area contributed by atoms with Gasteiger partial charge in [-0.05, 0) is 38.0 Å². The maximum atomic E-state index is 5.75. The number of nitrogens with zero attached hydrogens (tertiary/aromatic N) is 1. The molecular weight excluding hydrogens is 212 g/mol. The van der Waals surface area contributed by atoms with Crippen LogP contribution in [0.25, 0.3) is 0 Å². The molecule has 0 aromatic heterocycles. The third-order valence-corrected chi connectivity index (χ3v) is 4.44. The van der Waals surface area contributed by atoms with Crippen LogP contribution >= 0.6 is 0 Å². The zero-order valence-electron chi connectivity index (χ0n) is 11.6. The Balaban J connectivity index is 1.98. The predicted octanol–water partition coefficient (Wildman–Crippen LogP) is 1.86. The number of hydrogen-bond donors (Lipinski definition) is 1. The Kier molecular flexibility index (Phi) is 4.45. The van der Waals surface area contributed by atoms with Gasteiger partial charge in [-0.15, -0.1) is 0 Å². The first-order valence-electron chi connectivity index (χ1n) is 7.17. The van der Waals surface area contributed by atoms with Crippen LogP contribution in [0, 0.1) is 11.8 Å². The summed E-state index contributed by atoms with van der Waals surface area (Å²) in [6.07, 6.45) is 4.35. The molecule has 0 radical (unpaired) electrons. The van der Waals surface area contributed by atoms with Gasteiger partial charge in [-0.3, -0.25) is 4.90 Å². The van der Waals surface area contributed by atoms with Crippen LogP contribution in [0.1, 0.15) is 40.0 Å². The molecule has 4 atom stereocenters. The third kappa shape index (κ3) is 3.21. The summed E-state index contributed by atoms with van der Waals surface area (Å²) in [7, 11) is 0. The minimum absolute atomic E-state index is 0.249. The van der Waals surface area contributed by atoms with Crippen LogP contribution in [0.2, 0.25) is 0 Å². The lowest BCUT2D eigenvalue weighted by molar-refractivity contribution is -0.0800. The molecule has 1 saturated carbocycles. The van der Waals surface area contributed by atoms with E-state index >= 15 is 0 Å². The zero-order valence-corrected chi connectivity index (χ0v) is 11.6. The van der Waals surface area contributed by atoms with E-state index in [2.05, 4.69) is 25.7 Å². The van der Waals surface area contributed by atoms with Crippen molar-refractivity contribution < 1.29 is 4.74 Å². The van der Waals surface area contributed by atoms with Crippen LogP contribution in [-0.4, -0.2) is 42.8 Å². The maximum Gasteiger partial charge on any atom is 0.0824 e. The maximum absolute atomic E-state index is 5.75. The molecule has 2 rings (SSSR count). The van der Waals surface area contributed by atoms with Crippen LogP contribution in [0.15, 0.2) is 0 Å². The van der Waals surface area contributed by atoms with Crippen LogP contribution < -0.4 is 5.73 Å². The number of nitrogens with two attached hydrogens (primary N) is 1. The Labute approximate surface area is 106 Å². The topological polar surface area (TPSA) is 38.5 Å². The molecule has 1 saturated heterocycles. The molecule has 2 fully saturated rings. The summed E-state index contributed by atoms with van der Waals surface area (Å²) in [5.41, 5.74) is 5.74. The van der Waals surface area contributed by atoms with Crippen molar-refractivity contribution in [3.8, 4) is 0 Å². The van der Waals surface area contributed by atoms with Crippen molar-refractivity contribution in [2.45, 2.75) is 58.2 Å². The minimum Gasteiger partial charge on any atom is -0.374 e.